The maximum atomic E-state index is 2.56. The Labute approximate surface area is 308 Å². The summed E-state index contributed by atoms with van der Waals surface area (Å²) < 4.78 is 0. The summed E-state index contributed by atoms with van der Waals surface area (Å²) in [5, 5.41) is 0. The summed E-state index contributed by atoms with van der Waals surface area (Å²) in [6.07, 6.45) is 0. The van der Waals surface area contributed by atoms with Crippen molar-refractivity contribution in [3.05, 3.63) is 185 Å². The molecule has 0 aliphatic heterocycles. The van der Waals surface area contributed by atoms with Crippen molar-refractivity contribution in [2.24, 2.45) is 0 Å². The molecule has 0 saturated carbocycles. The van der Waals surface area contributed by atoms with Crippen LogP contribution in [0, 0.1) is 0 Å². The normalized spacial score (nSPS) is 16.0. The van der Waals surface area contributed by atoms with E-state index in [0.29, 0.717) is 0 Å². The minimum absolute atomic E-state index is 0.0484. The fraction of sp³-hybridized carbons (Fsp3) is 0.176. The van der Waals surface area contributed by atoms with E-state index in [1.807, 2.05) is 0 Å². The zero-order chi connectivity index (χ0) is 35.6. The summed E-state index contributed by atoms with van der Waals surface area (Å²) in [7, 11) is 0. The third-order valence-electron chi connectivity index (χ3n) is 12.6. The zero-order valence-corrected chi connectivity index (χ0v) is 30.9. The van der Waals surface area contributed by atoms with Crippen molar-refractivity contribution < 1.29 is 0 Å². The molecule has 0 unspecified atom stereocenters. The summed E-state index contributed by atoms with van der Waals surface area (Å²) in [6.45, 7) is 14.5. The molecule has 0 heterocycles. The minimum atomic E-state index is -0.261. The first-order valence-corrected chi connectivity index (χ1v) is 18.7. The van der Waals surface area contributed by atoms with Crippen LogP contribution in [-0.4, -0.2) is 0 Å². The molecular formula is C51H43N. The van der Waals surface area contributed by atoms with Crippen LogP contribution in [0.2, 0.25) is 0 Å². The van der Waals surface area contributed by atoms with Gasteiger partial charge in [0.15, 0.2) is 0 Å². The molecule has 0 spiro atoms. The average molecular weight is 670 g/mol. The number of hydrogen-bond donors (Lipinski definition) is 0. The SMILES string of the molecule is CC1(C)c2ccccc2-c2cc(-c3c4c(c(N(c5ccccc5)c5ccccc5)c5c3-c3ccccc3C5(C)C)C(C)(C)c3ccccc3-4)ccc21. The summed E-state index contributed by atoms with van der Waals surface area (Å²) >= 11 is 0. The van der Waals surface area contributed by atoms with Gasteiger partial charge in [0.1, 0.15) is 0 Å². The van der Waals surface area contributed by atoms with Crippen LogP contribution >= 0.6 is 0 Å². The standard InChI is InChI=1S/C51H43N/c1-49(2)39-26-16-13-23-35(39)38-31-32(29-30-42(38)49)43-44-36-24-14-17-27-40(36)50(3,4)46(44)48(47-45(43)37-25-15-18-28-41(37)51(47,5)6)52(33-19-9-7-10-20-33)34-21-11-8-12-22-34/h7-31H,1-6H3. The Bertz CT molecular complexity index is 2460. The van der Waals surface area contributed by atoms with Gasteiger partial charge in [0.25, 0.3) is 0 Å². The molecule has 0 radical (unpaired) electrons. The van der Waals surface area contributed by atoms with E-state index in [1.54, 1.807) is 0 Å². The Hall–Kier alpha value is -5.66. The largest absolute Gasteiger partial charge is 0.310 e. The van der Waals surface area contributed by atoms with Crippen molar-refractivity contribution in [1.82, 2.24) is 0 Å². The molecule has 0 atom stereocenters. The van der Waals surface area contributed by atoms with Gasteiger partial charge in [0, 0.05) is 27.6 Å². The van der Waals surface area contributed by atoms with Crippen molar-refractivity contribution in [2.75, 3.05) is 4.90 Å². The fourth-order valence-corrected chi connectivity index (χ4v) is 10.2. The van der Waals surface area contributed by atoms with Crippen molar-refractivity contribution in [3.63, 3.8) is 0 Å². The molecule has 0 amide bonds. The molecule has 252 valence electrons. The summed E-state index contributed by atoms with van der Waals surface area (Å²) in [5.74, 6) is 0. The monoisotopic (exact) mass is 669 g/mol. The van der Waals surface area contributed by atoms with Crippen LogP contribution in [0.3, 0.4) is 0 Å². The highest BCUT2D eigenvalue weighted by Crippen LogP contribution is 2.66. The van der Waals surface area contributed by atoms with Crippen LogP contribution < -0.4 is 4.90 Å². The van der Waals surface area contributed by atoms with Gasteiger partial charge >= 0.3 is 0 Å². The quantitative estimate of drug-likeness (QED) is 0.180. The van der Waals surface area contributed by atoms with Crippen molar-refractivity contribution in [3.8, 4) is 44.5 Å². The van der Waals surface area contributed by atoms with Gasteiger partial charge in [-0.2, -0.15) is 0 Å². The Morgan fingerprint density at radius 1 is 0.346 bits per heavy atom. The molecule has 1 heteroatoms. The highest BCUT2D eigenvalue weighted by atomic mass is 15.2. The molecule has 52 heavy (non-hydrogen) atoms. The van der Waals surface area contributed by atoms with E-state index in [2.05, 4.69) is 198 Å². The van der Waals surface area contributed by atoms with Gasteiger partial charge in [-0.3, -0.25) is 0 Å². The molecule has 10 rings (SSSR count). The Morgan fingerprint density at radius 2 is 0.750 bits per heavy atom. The maximum absolute atomic E-state index is 2.56. The summed E-state index contributed by atoms with van der Waals surface area (Å²) in [5.41, 5.74) is 22.2. The van der Waals surface area contributed by atoms with Gasteiger partial charge in [-0.25, -0.2) is 0 Å². The first-order valence-electron chi connectivity index (χ1n) is 18.7. The van der Waals surface area contributed by atoms with Gasteiger partial charge in [-0.15, -0.1) is 0 Å². The van der Waals surface area contributed by atoms with Gasteiger partial charge in [0.2, 0.25) is 0 Å². The van der Waals surface area contributed by atoms with E-state index in [0.717, 1.165) is 0 Å². The van der Waals surface area contributed by atoms with Crippen LogP contribution in [0.1, 0.15) is 74.9 Å². The van der Waals surface area contributed by atoms with Crippen LogP contribution in [-0.2, 0) is 16.2 Å². The Balaban J connectivity index is 1.42. The lowest BCUT2D eigenvalue weighted by molar-refractivity contribution is 0.640. The van der Waals surface area contributed by atoms with Gasteiger partial charge < -0.3 is 4.90 Å². The fourth-order valence-electron chi connectivity index (χ4n) is 10.2. The summed E-state index contributed by atoms with van der Waals surface area (Å²) in [6, 6.07) is 56.8. The van der Waals surface area contributed by atoms with Crippen molar-refractivity contribution >= 4 is 17.1 Å². The molecule has 0 N–H and O–H groups in total. The van der Waals surface area contributed by atoms with E-state index in [-0.39, 0.29) is 16.2 Å². The number of fused-ring (bicyclic) bond motifs is 9. The lowest BCUT2D eigenvalue weighted by Crippen LogP contribution is -2.26. The minimum Gasteiger partial charge on any atom is -0.310 e. The number of rotatable bonds is 4. The zero-order valence-electron chi connectivity index (χ0n) is 30.9. The van der Waals surface area contributed by atoms with E-state index in [4.69, 9.17) is 0 Å². The predicted molar refractivity (Wildman–Crippen MR) is 219 cm³/mol. The Kier molecular flexibility index (Phi) is 6.39. The van der Waals surface area contributed by atoms with Gasteiger partial charge in [0.05, 0.1) is 5.69 Å². The molecule has 3 aliphatic carbocycles. The van der Waals surface area contributed by atoms with E-state index in [1.165, 1.54) is 95.0 Å². The lowest BCUT2D eigenvalue weighted by Gasteiger charge is -2.38. The molecule has 7 aromatic rings. The Morgan fingerprint density at radius 3 is 1.25 bits per heavy atom. The first-order chi connectivity index (χ1) is 25.1. The highest BCUT2D eigenvalue weighted by molar-refractivity contribution is 6.10. The molecule has 1 nitrogen and oxygen atoms in total. The molecule has 0 fully saturated rings. The van der Waals surface area contributed by atoms with Crippen molar-refractivity contribution in [1.29, 1.82) is 0 Å². The maximum Gasteiger partial charge on any atom is 0.0556 e. The second-order valence-electron chi connectivity index (χ2n) is 16.5. The molecule has 0 aromatic heterocycles. The highest BCUT2D eigenvalue weighted by Gasteiger charge is 2.49. The van der Waals surface area contributed by atoms with E-state index in [9.17, 15) is 0 Å². The smallest absolute Gasteiger partial charge is 0.0556 e. The van der Waals surface area contributed by atoms with Crippen molar-refractivity contribution in [2.45, 2.75) is 57.8 Å². The van der Waals surface area contributed by atoms with E-state index >= 15 is 0 Å². The van der Waals surface area contributed by atoms with Gasteiger partial charge in [-0.05, 0) is 108 Å². The first kappa shape index (κ1) is 31.1. The molecule has 0 saturated heterocycles. The summed E-state index contributed by atoms with van der Waals surface area (Å²) in [4.78, 5) is 2.56. The third kappa shape index (κ3) is 4.00. The average Bonchev–Trinajstić information content (AvgIpc) is 3.66. The van der Waals surface area contributed by atoms with Crippen LogP contribution in [0.5, 0.6) is 0 Å². The van der Waals surface area contributed by atoms with Crippen LogP contribution in [0.15, 0.2) is 152 Å². The second kappa shape index (κ2) is 10.7. The molecule has 3 aliphatic rings. The molecule has 7 aromatic carbocycles. The van der Waals surface area contributed by atoms with E-state index < -0.39 is 0 Å². The van der Waals surface area contributed by atoms with Gasteiger partial charge in [-0.1, -0.05) is 163 Å². The number of benzene rings is 7. The topological polar surface area (TPSA) is 3.24 Å². The number of anilines is 3. The van der Waals surface area contributed by atoms with Crippen LogP contribution in [0.4, 0.5) is 17.1 Å². The number of nitrogens with zero attached hydrogens (tertiary/aromatic N) is 1. The number of para-hydroxylation sites is 2. The third-order valence-corrected chi connectivity index (χ3v) is 12.6. The van der Waals surface area contributed by atoms with Crippen LogP contribution in [0.25, 0.3) is 44.5 Å². The second-order valence-corrected chi connectivity index (χ2v) is 16.5. The lowest BCUT2D eigenvalue weighted by atomic mass is 9.73. The molecular weight excluding hydrogens is 627 g/mol. The number of hydrogen-bond acceptors (Lipinski definition) is 1. The molecule has 0 bridgehead atoms. The predicted octanol–water partition coefficient (Wildman–Crippen LogP) is 13.7.